The molecule has 3 N–H and O–H groups in total. The number of rotatable bonds is 4. The van der Waals surface area contributed by atoms with E-state index >= 15 is 0 Å². The van der Waals surface area contributed by atoms with Crippen molar-refractivity contribution in [3.63, 3.8) is 0 Å². The topological polar surface area (TPSA) is 84.7 Å². The monoisotopic (exact) mass is 309 g/mol. The molecule has 22 heavy (non-hydrogen) atoms. The maximum Gasteiger partial charge on any atom is 0.410 e. The lowest BCUT2D eigenvalue weighted by molar-refractivity contribution is -0.122. The van der Waals surface area contributed by atoms with Crippen molar-refractivity contribution in [3.8, 4) is 0 Å². The van der Waals surface area contributed by atoms with Crippen molar-refractivity contribution in [2.75, 3.05) is 13.1 Å². The lowest BCUT2D eigenvalue weighted by Crippen LogP contribution is -2.52. The Bertz CT molecular complexity index is 428. The number of primary amides is 1. The van der Waals surface area contributed by atoms with Crippen LogP contribution in [0.1, 0.15) is 39.5 Å². The Morgan fingerprint density at radius 3 is 2.45 bits per heavy atom. The largest absolute Gasteiger partial charge is 0.447 e. The van der Waals surface area contributed by atoms with Crippen LogP contribution >= 0.6 is 0 Å². The van der Waals surface area contributed by atoms with Gasteiger partial charge in [0.2, 0.25) is 5.91 Å². The van der Waals surface area contributed by atoms with Gasteiger partial charge in [0.05, 0.1) is 12.0 Å². The number of hydrogen-bond acceptors (Lipinski definition) is 4. The van der Waals surface area contributed by atoms with Gasteiger partial charge < -0.3 is 20.7 Å². The van der Waals surface area contributed by atoms with E-state index in [0.717, 1.165) is 19.3 Å². The van der Waals surface area contributed by atoms with Crippen molar-refractivity contribution in [1.82, 2.24) is 10.2 Å². The number of nitrogens with two attached hydrogens (primary N) is 1. The standard InChI is InChI=1S/C16H27N3O3/c1-11(2)22-16(21)19-9-7-12(8-10-19)18-14-6-4-3-5-13(14)15(17)20/h3-4,11-14,18H,5-10H2,1-2H3,(H2,17,20). The molecule has 6 heteroatoms. The summed E-state index contributed by atoms with van der Waals surface area (Å²) in [5.74, 6) is -0.367. The van der Waals surface area contributed by atoms with Crippen LogP contribution in [0.5, 0.6) is 0 Å². The number of carbonyl (C=O) groups excluding carboxylic acids is 2. The number of ether oxygens (including phenoxy) is 1. The molecule has 124 valence electrons. The second kappa shape index (κ2) is 7.63. The maximum atomic E-state index is 11.9. The number of amides is 2. The summed E-state index contributed by atoms with van der Waals surface area (Å²) in [6.07, 6.45) is 7.11. The minimum absolute atomic E-state index is 0.0892. The Hall–Kier alpha value is -1.56. The Kier molecular flexibility index (Phi) is 5.83. The number of nitrogens with one attached hydrogen (secondary N) is 1. The first kappa shape index (κ1) is 16.8. The first-order chi connectivity index (χ1) is 10.5. The number of carbonyl (C=O) groups is 2. The Morgan fingerprint density at radius 2 is 1.86 bits per heavy atom. The zero-order valence-electron chi connectivity index (χ0n) is 13.5. The fourth-order valence-corrected chi connectivity index (χ4v) is 3.12. The van der Waals surface area contributed by atoms with Crippen LogP contribution in [0.4, 0.5) is 4.79 Å². The maximum absolute atomic E-state index is 11.9. The average Bonchev–Trinajstić information content (AvgIpc) is 2.47. The smallest absolute Gasteiger partial charge is 0.410 e. The zero-order chi connectivity index (χ0) is 16.1. The van der Waals surface area contributed by atoms with Crippen molar-refractivity contribution in [2.45, 2.75) is 57.7 Å². The Morgan fingerprint density at radius 1 is 1.23 bits per heavy atom. The first-order valence-corrected chi connectivity index (χ1v) is 8.13. The molecule has 1 aliphatic heterocycles. The molecular formula is C16H27N3O3. The summed E-state index contributed by atoms with van der Waals surface area (Å²) in [6, 6.07) is 0.433. The van der Waals surface area contributed by atoms with Crippen molar-refractivity contribution in [1.29, 1.82) is 0 Å². The van der Waals surface area contributed by atoms with E-state index in [4.69, 9.17) is 10.5 Å². The molecule has 1 aliphatic carbocycles. The summed E-state index contributed by atoms with van der Waals surface area (Å²) in [7, 11) is 0. The quantitative estimate of drug-likeness (QED) is 0.769. The third kappa shape index (κ3) is 4.47. The van der Waals surface area contributed by atoms with E-state index in [1.54, 1.807) is 4.90 Å². The second-order valence-corrected chi connectivity index (χ2v) is 6.42. The number of allylic oxidation sites excluding steroid dienone is 1. The molecule has 2 aliphatic rings. The summed E-state index contributed by atoms with van der Waals surface area (Å²) >= 11 is 0. The molecule has 0 radical (unpaired) electrons. The minimum Gasteiger partial charge on any atom is -0.447 e. The van der Waals surface area contributed by atoms with Gasteiger partial charge in [0.1, 0.15) is 0 Å². The molecular weight excluding hydrogens is 282 g/mol. The molecule has 0 saturated carbocycles. The van der Waals surface area contributed by atoms with Crippen LogP contribution in [-0.2, 0) is 9.53 Å². The van der Waals surface area contributed by atoms with Gasteiger partial charge in [-0.05, 0) is 39.5 Å². The molecule has 0 aromatic carbocycles. The predicted molar refractivity (Wildman–Crippen MR) is 84.2 cm³/mol. The van der Waals surface area contributed by atoms with Crippen LogP contribution in [-0.4, -0.2) is 48.2 Å². The molecule has 1 saturated heterocycles. The molecule has 0 bridgehead atoms. The highest BCUT2D eigenvalue weighted by Crippen LogP contribution is 2.21. The lowest BCUT2D eigenvalue weighted by Gasteiger charge is -2.36. The van der Waals surface area contributed by atoms with Crippen LogP contribution in [0.25, 0.3) is 0 Å². The normalized spacial score (nSPS) is 26.2. The van der Waals surface area contributed by atoms with E-state index < -0.39 is 0 Å². The second-order valence-electron chi connectivity index (χ2n) is 6.42. The van der Waals surface area contributed by atoms with E-state index in [-0.39, 0.29) is 30.1 Å². The summed E-state index contributed by atoms with van der Waals surface area (Å²) in [4.78, 5) is 25.1. The van der Waals surface area contributed by atoms with Crippen LogP contribution in [0.3, 0.4) is 0 Å². The van der Waals surface area contributed by atoms with Gasteiger partial charge in [-0.15, -0.1) is 0 Å². The van der Waals surface area contributed by atoms with Gasteiger partial charge in [-0.3, -0.25) is 4.79 Å². The summed E-state index contributed by atoms with van der Waals surface area (Å²) in [5, 5.41) is 3.56. The van der Waals surface area contributed by atoms with E-state index in [1.165, 1.54) is 0 Å². The molecule has 1 heterocycles. The van der Waals surface area contributed by atoms with Crippen LogP contribution in [0.2, 0.25) is 0 Å². The molecule has 2 unspecified atom stereocenters. The van der Waals surface area contributed by atoms with Crippen molar-refractivity contribution in [3.05, 3.63) is 12.2 Å². The van der Waals surface area contributed by atoms with E-state index in [0.29, 0.717) is 25.6 Å². The highest BCUT2D eigenvalue weighted by atomic mass is 16.6. The Balaban J connectivity index is 1.80. The van der Waals surface area contributed by atoms with Gasteiger partial charge in [0.25, 0.3) is 0 Å². The van der Waals surface area contributed by atoms with Gasteiger partial charge in [-0.2, -0.15) is 0 Å². The third-order valence-corrected chi connectivity index (χ3v) is 4.34. The van der Waals surface area contributed by atoms with Crippen LogP contribution in [0.15, 0.2) is 12.2 Å². The number of nitrogens with zero attached hydrogens (tertiary/aromatic N) is 1. The van der Waals surface area contributed by atoms with Gasteiger partial charge in [0, 0.05) is 25.2 Å². The van der Waals surface area contributed by atoms with Crippen LogP contribution in [0, 0.1) is 5.92 Å². The van der Waals surface area contributed by atoms with Crippen molar-refractivity contribution >= 4 is 12.0 Å². The summed E-state index contributed by atoms with van der Waals surface area (Å²) in [6.45, 7) is 5.08. The highest BCUT2D eigenvalue weighted by molar-refractivity contribution is 5.77. The molecule has 2 amide bonds. The predicted octanol–water partition coefficient (Wildman–Crippen LogP) is 1.41. The molecule has 1 fully saturated rings. The summed E-state index contributed by atoms with van der Waals surface area (Å²) in [5.41, 5.74) is 5.49. The van der Waals surface area contributed by atoms with E-state index in [1.807, 2.05) is 19.9 Å². The minimum atomic E-state index is -0.236. The molecule has 0 spiro atoms. The fraction of sp³-hybridized carbons (Fsp3) is 0.750. The number of piperidine rings is 1. The first-order valence-electron chi connectivity index (χ1n) is 8.13. The molecule has 0 aromatic rings. The molecule has 6 nitrogen and oxygen atoms in total. The molecule has 2 atom stereocenters. The van der Waals surface area contributed by atoms with Gasteiger partial charge in [0.15, 0.2) is 0 Å². The van der Waals surface area contributed by atoms with Crippen molar-refractivity contribution < 1.29 is 14.3 Å². The van der Waals surface area contributed by atoms with Gasteiger partial charge >= 0.3 is 6.09 Å². The Labute approximate surface area is 132 Å². The van der Waals surface area contributed by atoms with E-state index in [2.05, 4.69) is 11.4 Å². The number of hydrogen-bond donors (Lipinski definition) is 2. The fourth-order valence-electron chi connectivity index (χ4n) is 3.12. The third-order valence-electron chi connectivity index (χ3n) is 4.34. The molecule has 2 rings (SSSR count). The van der Waals surface area contributed by atoms with Crippen LogP contribution < -0.4 is 11.1 Å². The highest BCUT2D eigenvalue weighted by Gasteiger charge is 2.31. The average molecular weight is 309 g/mol. The number of likely N-dealkylation sites (tertiary alicyclic amines) is 1. The van der Waals surface area contributed by atoms with Crippen molar-refractivity contribution in [2.24, 2.45) is 11.7 Å². The lowest BCUT2D eigenvalue weighted by atomic mass is 9.87. The molecule has 0 aromatic heterocycles. The van der Waals surface area contributed by atoms with E-state index in [9.17, 15) is 9.59 Å². The SMILES string of the molecule is CC(C)OC(=O)N1CCC(NC2CC=CCC2C(N)=O)CC1. The summed E-state index contributed by atoms with van der Waals surface area (Å²) < 4.78 is 5.22. The van der Waals surface area contributed by atoms with Gasteiger partial charge in [-0.1, -0.05) is 12.2 Å². The zero-order valence-corrected chi connectivity index (χ0v) is 13.5. The van der Waals surface area contributed by atoms with Gasteiger partial charge in [-0.25, -0.2) is 4.79 Å².